The number of nitrogens with two attached hydrogens (primary N) is 1. The minimum absolute atomic E-state index is 0. The number of hydrogen-bond acceptors (Lipinski definition) is 4. The van der Waals surface area contributed by atoms with Gasteiger partial charge < -0.3 is 10.7 Å². The van der Waals surface area contributed by atoms with Gasteiger partial charge in [-0.25, -0.2) is 9.78 Å². The van der Waals surface area contributed by atoms with Crippen molar-refractivity contribution in [3.05, 3.63) is 16.8 Å². The van der Waals surface area contributed by atoms with Crippen molar-refractivity contribution in [2.24, 2.45) is 0 Å². The number of fused-ring (bicyclic) bond motifs is 1. The monoisotopic (exact) mass is 153 g/mol. The highest BCUT2D eigenvalue weighted by atomic mass is 16.1. The third-order valence-corrected chi connectivity index (χ3v) is 1.34. The van der Waals surface area contributed by atoms with Gasteiger partial charge in [-0.15, -0.1) is 0 Å². The van der Waals surface area contributed by atoms with Gasteiger partial charge in [-0.05, 0) is 0 Å². The SMILES string of the molecule is Nc1[nH]c(=O)nc2nc[nH]c12.[H+].[H+]. The first-order valence-electron chi connectivity index (χ1n) is 2.96. The highest BCUT2D eigenvalue weighted by Crippen LogP contribution is 2.07. The van der Waals surface area contributed by atoms with Crippen molar-refractivity contribution in [3.63, 3.8) is 0 Å². The van der Waals surface area contributed by atoms with Crippen LogP contribution in [0.3, 0.4) is 0 Å². The van der Waals surface area contributed by atoms with Crippen LogP contribution in [0, 0.1) is 0 Å². The summed E-state index contributed by atoms with van der Waals surface area (Å²) < 4.78 is 0. The second kappa shape index (κ2) is 1.82. The van der Waals surface area contributed by atoms with Gasteiger partial charge in [0.2, 0.25) is 0 Å². The zero-order valence-electron chi connectivity index (χ0n) is 7.46. The summed E-state index contributed by atoms with van der Waals surface area (Å²) in [5, 5.41) is 0. The van der Waals surface area contributed by atoms with Crippen LogP contribution < -0.4 is 11.4 Å². The Labute approximate surface area is 63.5 Å². The van der Waals surface area contributed by atoms with Crippen molar-refractivity contribution >= 4 is 17.0 Å². The molecule has 0 atom stereocenters. The minimum Gasteiger partial charge on any atom is -0.383 e. The van der Waals surface area contributed by atoms with Crippen molar-refractivity contribution in [1.29, 1.82) is 0 Å². The number of rotatable bonds is 0. The molecule has 2 aromatic rings. The number of nitrogens with zero attached hydrogens (tertiary/aromatic N) is 2. The van der Waals surface area contributed by atoms with E-state index in [0.29, 0.717) is 11.2 Å². The van der Waals surface area contributed by atoms with E-state index in [0.717, 1.165) is 0 Å². The second-order valence-corrected chi connectivity index (χ2v) is 2.06. The van der Waals surface area contributed by atoms with Crippen molar-refractivity contribution in [3.8, 4) is 0 Å². The summed E-state index contributed by atoms with van der Waals surface area (Å²) in [4.78, 5) is 23.1. The smallest absolute Gasteiger partial charge is 0.383 e. The number of H-pyrrole nitrogens is 2. The first kappa shape index (κ1) is 5.90. The van der Waals surface area contributed by atoms with Crippen LogP contribution in [0.4, 0.5) is 5.82 Å². The van der Waals surface area contributed by atoms with Gasteiger partial charge >= 0.3 is 8.54 Å². The fraction of sp³-hybridized carbons (Fsp3) is 0. The summed E-state index contributed by atoms with van der Waals surface area (Å²) in [6.07, 6.45) is 1.43. The Morgan fingerprint density at radius 3 is 3.27 bits per heavy atom. The summed E-state index contributed by atoms with van der Waals surface area (Å²) >= 11 is 0. The maximum atomic E-state index is 10.7. The van der Waals surface area contributed by atoms with Gasteiger partial charge in [0.05, 0.1) is 6.33 Å². The van der Waals surface area contributed by atoms with Crippen LogP contribution in [0.15, 0.2) is 11.1 Å². The highest BCUT2D eigenvalue weighted by Gasteiger charge is 2.01. The highest BCUT2D eigenvalue weighted by molar-refractivity contribution is 5.80. The Bertz CT molecular complexity index is 449. The molecule has 11 heavy (non-hydrogen) atoms. The molecule has 0 aromatic carbocycles. The van der Waals surface area contributed by atoms with E-state index in [1.165, 1.54) is 6.33 Å². The van der Waals surface area contributed by atoms with Crippen molar-refractivity contribution in [2.45, 2.75) is 0 Å². The summed E-state index contributed by atoms with van der Waals surface area (Å²) in [7, 11) is 0. The number of imidazole rings is 1. The zero-order valence-corrected chi connectivity index (χ0v) is 5.46. The molecule has 0 fully saturated rings. The summed E-state index contributed by atoms with van der Waals surface area (Å²) in [5.74, 6) is 0.262. The molecule has 56 valence electrons. The minimum atomic E-state index is -0.484. The fourth-order valence-corrected chi connectivity index (χ4v) is 0.872. The third-order valence-electron chi connectivity index (χ3n) is 1.34. The number of anilines is 1. The Morgan fingerprint density at radius 1 is 1.64 bits per heavy atom. The molecular formula is C5H7N5O+2. The fourth-order valence-electron chi connectivity index (χ4n) is 0.872. The summed E-state index contributed by atoms with van der Waals surface area (Å²) in [6.45, 7) is 0. The van der Waals surface area contributed by atoms with E-state index < -0.39 is 5.69 Å². The quantitative estimate of drug-likeness (QED) is 0.472. The van der Waals surface area contributed by atoms with E-state index in [-0.39, 0.29) is 8.67 Å². The number of aromatic amines is 2. The van der Waals surface area contributed by atoms with Crippen LogP contribution in [-0.4, -0.2) is 19.9 Å². The van der Waals surface area contributed by atoms with Gasteiger partial charge in [-0.2, -0.15) is 4.98 Å². The lowest BCUT2D eigenvalue weighted by Gasteiger charge is -1.90. The maximum absolute atomic E-state index is 10.7. The summed E-state index contributed by atoms with van der Waals surface area (Å²) in [5.41, 5.74) is 5.85. The second-order valence-electron chi connectivity index (χ2n) is 2.06. The molecular weight excluding hydrogens is 146 g/mol. The van der Waals surface area contributed by atoms with Crippen molar-refractivity contribution in [2.75, 3.05) is 5.73 Å². The van der Waals surface area contributed by atoms with E-state index >= 15 is 0 Å². The van der Waals surface area contributed by atoms with Crippen LogP contribution >= 0.6 is 0 Å². The van der Waals surface area contributed by atoms with E-state index in [1.807, 2.05) is 0 Å². The molecule has 0 aliphatic heterocycles. The van der Waals surface area contributed by atoms with Crippen molar-refractivity contribution in [1.82, 2.24) is 19.9 Å². The molecule has 0 amide bonds. The van der Waals surface area contributed by atoms with E-state index in [9.17, 15) is 4.79 Å². The standard InChI is InChI=1S/C5H5N5O/c6-3-2-4(8-1-7-2)10-5(11)9-3/h1H,(H4,6,7,8,9,10,11)/p+2. The van der Waals surface area contributed by atoms with Crippen LogP contribution in [-0.2, 0) is 0 Å². The molecule has 2 aromatic heterocycles. The predicted octanol–water partition coefficient (Wildman–Crippen LogP) is -0.547. The lowest BCUT2D eigenvalue weighted by molar-refractivity contribution is 1.11. The molecule has 6 nitrogen and oxygen atoms in total. The normalized spacial score (nSPS) is 10.5. The van der Waals surface area contributed by atoms with E-state index in [1.54, 1.807) is 0 Å². The lowest BCUT2D eigenvalue weighted by atomic mass is 10.5. The average molecular weight is 153 g/mol. The predicted molar refractivity (Wildman–Crippen MR) is 41.1 cm³/mol. The van der Waals surface area contributed by atoms with Gasteiger partial charge in [-0.1, -0.05) is 0 Å². The molecule has 0 saturated carbocycles. The van der Waals surface area contributed by atoms with Crippen LogP contribution in [0.1, 0.15) is 2.85 Å². The molecule has 4 N–H and O–H groups in total. The topological polar surface area (TPSA) is 100 Å². The maximum Gasteiger partial charge on any atom is 1.00 e. The molecule has 0 aliphatic rings. The molecule has 2 heterocycles. The molecule has 0 radical (unpaired) electrons. The molecule has 6 heteroatoms. The Hall–Kier alpha value is -1.85. The van der Waals surface area contributed by atoms with Crippen LogP contribution in [0.2, 0.25) is 0 Å². The van der Waals surface area contributed by atoms with Crippen molar-refractivity contribution < 1.29 is 2.85 Å². The third kappa shape index (κ3) is 0.759. The number of hydrogen-bond donors (Lipinski definition) is 3. The summed E-state index contributed by atoms with van der Waals surface area (Å²) in [6, 6.07) is 0. The Balaban J connectivity index is 0.000000720. The number of aromatic nitrogens is 4. The zero-order chi connectivity index (χ0) is 7.84. The van der Waals surface area contributed by atoms with E-state index in [4.69, 9.17) is 5.73 Å². The van der Waals surface area contributed by atoms with Gasteiger partial charge in [0.25, 0.3) is 0 Å². The Kier molecular flexibility index (Phi) is 0.974. The molecule has 0 bridgehead atoms. The largest absolute Gasteiger partial charge is 1.00 e. The van der Waals surface area contributed by atoms with Crippen LogP contribution in [0.5, 0.6) is 0 Å². The molecule has 0 aliphatic carbocycles. The van der Waals surface area contributed by atoms with Crippen LogP contribution in [0.25, 0.3) is 11.2 Å². The Morgan fingerprint density at radius 2 is 2.45 bits per heavy atom. The number of nitrogens with one attached hydrogen (secondary N) is 2. The van der Waals surface area contributed by atoms with Gasteiger partial charge in [0.1, 0.15) is 11.3 Å². The first-order valence-corrected chi connectivity index (χ1v) is 2.96. The molecule has 0 spiro atoms. The first-order chi connectivity index (χ1) is 5.27. The lowest BCUT2D eigenvalue weighted by Crippen LogP contribution is -2.12. The van der Waals surface area contributed by atoms with Gasteiger partial charge in [0.15, 0.2) is 5.65 Å². The van der Waals surface area contributed by atoms with Gasteiger partial charge in [-0.3, -0.25) is 4.98 Å². The molecule has 0 saturated heterocycles. The average Bonchev–Trinajstić information content (AvgIpc) is 2.34. The molecule has 2 rings (SSSR count). The molecule has 0 unspecified atom stereocenters. The number of nitrogen functional groups attached to an aromatic ring is 1. The van der Waals surface area contributed by atoms with E-state index in [2.05, 4.69) is 19.9 Å². The van der Waals surface area contributed by atoms with Gasteiger partial charge in [0, 0.05) is 0 Å².